The number of benzene rings is 5. The smallest absolute Gasteiger partial charge is 0.297 e. The van der Waals surface area contributed by atoms with Crippen LogP contribution >= 0.6 is 0 Å². The molecule has 61 heavy (non-hydrogen) atoms. The fourth-order valence-electron chi connectivity index (χ4n) is 10.5. The summed E-state index contributed by atoms with van der Waals surface area (Å²) in [5.41, 5.74) is 21.4. The summed E-state index contributed by atoms with van der Waals surface area (Å²) in [6, 6.07) is 33.8. The summed E-state index contributed by atoms with van der Waals surface area (Å²) in [7, 11) is 0. The fraction of sp³-hybridized carbons (Fsp3) is 0.439. The normalized spacial score (nSPS) is 17.0. The molecule has 3 heterocycles. The topological polar surface area (TPSA) is 19.6 Å². The van der Waals surface area contributed by atoms with Crippen LogP contribution in [-0.4, -0.2) is 6.71 Å². The zero-order chi connectivity index (χ0) is 44.1. The van der Waals surface area contributed by atoms with Gasteiger partial charge in [0.05, 0.1) is 11.3 Å². The monoisotopic (exact) mass is 809 g/mol. The summed E-state index contributed by atoms with van der Waals surface area (Å²) in [6.45, 7) is 39.9. The first-order valence-corrected chi connectivity index (χ1v) is 22.9. The van der Waals surface area contributed by atoms with E-state index in [9.17, 15) is 0 Å². The van der Waals surface area contributed by atoms with Gasteiger partial charge in [0.1, 0.15) is 5.58 Å². The standard InChI is InChI=1S/C57H69BN2O/c1-34-28-36(53(5,6)7)20-24-44(34)60-47-31-38(55(11,12)13)30-46-49(47)58(51-50(60)40-32-41-42(33-48(40)61-51)57(16,17)27-26-56(41,14)15)43-29-37(54(8,9)10)21-25-45(43)59(46)39-22-18-35(19-23-39)52(2,3)4/h18-25,28-33H,26-27H2,1-17H3. The largest absolute Gasteiger partial charge is 0.468 e. The molecule has 2 aliphatic heterocycles. The molecule has 6 aromatic rings. The summed E-state index contributed by atoms with van der Waals surface area (Å²) in [6.07, 6.45) is 2.32. The second-order valence-electron chi connectivity index (χ2n) is 24.3. The zero-order valence-corrected chi connectivity index (χ0v) is 40.4. The number of hydrogen-bond acceptors (Lipinski definition) is 3. The van der Waals surface area contributed by atoms with E-state index in [-0.39, 0.29) is 39.2 Å². The molecular formula is C57H69BN2O. The molecule has 316 valence electrons. The summed E-state index contributed by atoms with van der Waals surface area (Å²) < 4.78 is 7.55. The zero-order valence-electron chi connectivity index (χ0n) is 40.4. The molecule has 0 spiro atoms. The highest BCUT2D eigenvalue weighted by Crippen LogP contribution is 2.53. The fourth-order valence-corrected chi connectivity index (χ4v) is 10.5. The minimum atomic E-state index is -0.108. The molecule has 0 fully saturated rings. The summed E-state index contributed by atoms with van der Waals surface area (Å²) >= 11 is 0. The van der Waals surface area contributed by atoms with Gasteiger partial charge >= 0.3 is 0 Å². The Kier molecular flexibility index (Phi) is 8.99. The number of anilines is 6. The maximum absolute atomic E-state index is 7.55. The van der Waals surface area contributed by atoms with Crippen LogP contribution in [0.25, 0.3) is 11.0 Å². The van der Waals surface area contributed by atoms with Gasteiger partial charge in [-0.2, -0.15) is 0 Å². The average Bonchev–Trinajstić information content (AvgIpc) is 3.53. The van der Waals surface area contributed by atoms with E-state index in [0.717, 1.165) is 24.1 Å². The lowest BCUT2D eigenvalue weighted by Crippen LogP contribution is -2.61. The van der Waals surface area contributed by atoms with Crippen molar-refractivity contribution in [3.05, 3.63) is 124 Å². The van der Waals surface area contributed by atoms with Crippen molar-refractivity contribution in [1.82, 2.24) is 0 Å². The summed E-state index contributed by atoms with van der Waals surface area (Å²) in [4.78, 5) is 5.17. The Bertz CT molecular complexity index is 2750. The molecular weight excluding hydrogens is 739 g/mol. The van der Waals surface area contributed by atoms with E-state index in [1.54, 1.807) is 0 Å². The Balaban J connectivity index is 1.44. The van der Waals surface area contributed by atoms with Crippen LogP contribution in [0.1, 0.15) is 163 Å². The Morgan fingerprint density at radius 2 is 1.00 bits per heavy atom. The van der Waals surface area contributed by atoms with E-state index < -0.39 is 0 Å². The molecule has 3 aliphatic rings. The molecule has 5 aromatic carbocycles. The Morgan fingerprint density at radius 3 is 1.54 bits per heavy atom. The van der Waals surface area contributed by atoms with Crippen LogP contribution in [0, 0.1) is 6.92 Å². The molecule has 1 aromatic heterocycles. The van der Waals surface area contributed by atoms with Crippen LogP contribution in [0.3, 0.4) is 0 Å². The van der Waals surface area contributed by atoms with Gasteiger partial charge in [-0.3, -0.25) is 0 Å². The van der Waals surface area contributed by atoms with E-state index in [1.807, 2.05) is 0 Å². The second-order valence-corrected chi connectivity index (χ2v) is 24.3. The number of rotatable bonds is 2. The maximum atomic E-state index is 7.55. The second kappa shape index (κ2) is 13.2. The third kappa shape index (κ3) is 6.60. The van der Waals surface area contributed by atoms with Gasteiger partial charge in [-0.05, 0) is 151 Å². The van der Waals surface area contributed by atoms with Crippen molar-refractivity contribution in [2.24, 2.45) is 0 Å². The van der Waals surface area contributed by atoms with Crippen molar-refractivity contribution in [3.8, 4) is 0 Å². The third-order valence-corrected chi connectivity index (χ3v) is 14.7. The van der Waals surface area contributed by atoms with E-state index in [0.29, 0.717) is 0 Å². The van der Waals surface area contributed by atoms with Crippen molar-refractivity contribution in [2.45, 2.75) is 163 Å². The average molecular weight is 809 g/mol. The van der Waals surface area contributed by atoms with Crippen LogP contribution in [0.15, 0.2) is 89.3 Å². The molecule has 0 unspecified atom stereocenters. The molecule has 1 aliphatic carbocycles. The lowest BCUT2D eigenvalue weighted by atomic mass is 9.35. The van der Waals surface area contributed by atoms with Gasteiger partial charge < -0.3 is 14.2 Å². The number of nitrogens with zero attached hydrogens (tertiary/aromatic N) is 2. The molecule has 9 rings (SSSR count). The van der Waals surface area contributed by atoms with Gasteiger partial charge in [-0.15, -0.1) is 0 Å². The first-order chi connectivity index (χ1) is 28.2. The van der Waals surface area contributed by atoms with E-state index in [4.69, 9.17) is 4.42 Å². The third-order valence-electron chi connectivity index (χ3n) is 14.7. The van der Waals surface area contributed by atoms with E-state index in [1.165, 1.54) is 89.4 Å². The molecule has 0 atom stereocenters. The molecule has 3 nitrogen and oxygen atoms in total. The highest BCUT2D eigenvalue weighted by atomic mass is 16.3. The van der Waals surface area contributed by atoms with Gasteiger partial charge in [0.2, 0.25) is 0 Å². The molecule has 0 amide bonds. The van der Waals surface area contributed by atoms with Crippen LogP contribution in [0.4, 0.5) is 34.1 Å². The molecule has 0 saturated carbocycles. The Morgan fingerprint density at radius 1 is 0.508 bits per heavy atom. The number of hydrogen-bond donors (Lipinski definition) is 0. The van der Waals surface area contributed by atoms with Crippen molar-refractivity contribution < 1.29 is 4.42 Å². The number of fused-ring (bicyclic) bond motifs is 7. The molecule has 0 saturated heterocycles. The van der Waals surface area contributed by atoms with Crippen LogP contribution in [-0.2, 0) is 32.5 Å². The van der Waals surface area contributed by atoms with E-state index >= 15 is 0 Å². The number of aryl methyl sites for hydroxylation is 1. The SMILES string of the molecule is Cc1cc(C(C)(C)C)ccc1N1c2cc(C(C)(C)C)cc3c2B(c2cc(C(C)(C)C)ccc2N3c2ccc(C(C)(C)C)cc2)c2oc3cc4c(cc3c21)C(C)(C)CCC4(C)C. The van der Waals surface area contributed by atoms with Gasteiger partial charge in [-0.1, -0.05) is 147 Å². The highest BCUT2D eigenvalue weighted by molar-refractivity contribution is 7.00. The predicted molar refractivity (Wildman–Crippen MR) is 265 cm³/mol. The summed E-state index contributed by atoms with van der Waals surface area (Å²) in [5.74, 6) is 0. The predicted octanol–water partition coefficient (Wildman–Crippen LogP) is 14.4. The first kappa shape index (κ1) is 41.6. The van der Waals surface area contributed by atoms with Crippen LogP contribution in [0.5, 0.6) is 0 Å². The Labute approximate surface area is 368 Å². The number of furan rings is 1. The quantitative estimate of drug-likeness (QED) is 0.162. The van der Waals surface area contributed by atoms with Crippen LogP contribution in [0.2, 0.25) is 0 Å². The molecule has 4 heteroatoms. The van der Waals surface area contributed by atoms with Gasteiger partial charge in [0.15, 0.2) is 0 Å². The molecule has 0 radical (unpaired) electrons. The van der Waals surface area contributed by atoms with Crippen molar-refractivity contribution in [2.75, 3.05) is 9.80 Å². The van der Waals surface area contributed by atoms with Crippen LogP contribution < -0.4 is 26.4 Å². The van der Waals surface area contributed by atoms with Crippen molar-refractivity contribution in [3.63, 3.8) is 0 Å². The maximum Gasteiger partial charge on any atom is 0.297 e. The first-order valence-electron chi connectivity index (χ1n) is 22.9. The Hall–Kier alpha value is -4.70. The van der Waals surface area contributed by atoms with Crippen molar-refractivity contribution >= 4 is 68.4 Å². The lowest BCUT2D eigenvalue weighted by Gasteiger charge is -2.44. The van der Waals surface area contributed by atoms with Gasteiger partial charge in [0.25, 0.3) is 6.71 Å². The molecule has 0 N–H and O–H groups in total. The molecule has 0 bridgehead atoms. The summed E-state index contributed by atoms with van der Waals surface area (Å²) in [5, 5.41) is 1.21. The minimum Gasteiger partial charge on any atom is -0.468 e. The van der Waals surface area contributed by atoms with Gasteiger partial charge in [0, 0.05) is 33.8 Å². The van der Waals surface area contributed by atoms with E-state index in [2.05, 4.69) is 212 Å². The van der Waals surface area contributed by atoms with Gasteiger partial charge in [-0.25, -0.2) is 0 Å². The lowest BCUT2D eigenvalue weighted by molar-refractivity contribution is 0.332. The minimum absolute atomic E-state index is 0.0318. The van der Waals surface area contributed by atoms with Crippen molar-refractivity contribution in [1.29, 1.82) is 0 Å². The highest BCUT2D eigenvalue weighted by Gasteiger charge is 2.49.